The van der Waals surface area contributed by atoms with Crippen LogP contribution in [0.2, 0.25) is 0 Å². The van der Waals surface area contributed by atoms with Gasteiger partial charge in [-0.15, -0.1) is 11.3 Å². The van der Waals surface area contributed by atoms with Crippen LogP contribution in [-0.4, -0.2) is 30.0 Å². The summed E-state index contributed by atoms with van der Waals surface area (Å²) < 4.78 is 10.3. The number of carbonyl (C=O) groups is 1. The van der Waals surface area contributed by atoms with E-state index in [0.717, 1.165) is 22.6 Å². The SMILES string of the molecule is CCc1sc(NC(=O)c2cc(OC)c(OC)cc2[N+](=O)[O-])nc1-c1ccccc1. The fraction of sp³-hybridized carbons (Fsp3) is 0.200. The van der Waals surface area contributed by atoms with Crippen molar-refractivity contribution in [2.45, 2.75) is 13.3 Å². The maximum absolute atomic E-state index is 12.8. The van der Waals surface area contributed by atoms with E-state index >= 15 is 0 Å². The number of aryl methyl sites for hydroxylation is 1. The van der Waals surface area contributed by atoms with Crippen molar-refractivity contribution in [2.75, 3.05) is 19.5 Å². The van der Waals surface area contributed by atoms with Crippen molar-refractivity contribution >= 4 is 28.1 Å². The molecule has 150 valence electrons. The molecule has 0 aliphatic rings. The minimum atomic E-state index is -0.645. The van der Waals surface area contributed by atoms with Gasteiger partial charge in [0.05, 0.1) is 30.9 Å². The average molecular weight is 413 g/mol. The second-order valence-corrected chi connectivity index (χ2v) is 7.03. The summed E-state index contributed by atoms with van der Waals surface area (Å²) in [5.41, 5.74) is 1.21. The number of nitro groups is 1. The van der Waals surface area contributed by atoms with Gasteiger partial charge in [0.25, 0.3) is 11.6 Å². The summed E-state index contributed by atoms with van der Waals surface area (Å²) in [5.74, 6) is -0.250. The summed E-state index contributed by atoms with van der Waals surface area (Å²) in [6.07, 6.45) is 0.744. The monoisotopic (exact) mass is 413 g/mol. The third kappa shape index (κ3) is 4.19. The number of carbonyl (C=O) groups excluding carboxylic acids is 1. The number of amides is 1. The molecule has 1 amide bonds. The van der Waals surface area contributed by atoms with Crippen LogP contribution >= 0.6 is 11.3 Å². The lowest BCUT2D eigenvalue weighted by Crippen LogP contribution is -2.14. The van der Waals surface area contributed by atoms with Gasteiger partial charge in [-0.3, -0.25) is 20.2 Å². The molecule has 1 heterocycles. The number of methoxy groups -OCH3 is 2. The number of thiazole rings is 1. The molecule has 2 aromatic carbocycles. The van der Waals surface area contributed by atoms with Crippen molar-refractivity contribution in [3.05, 3.63) is 63.0 Å². The topological polar surface area (TPSA) is 104 Å². The Kier molecular flexibility index (Phi) is 6.08. The number of rotatable bonds is 7. The molecule has 3 rings (SSSR count). The van der Waals surface area contributed by atoms with E-state index in [1.807, 2.05) is 37.3 Å². The number of ether oxygens (including phenoxy) is 2. The number of benzene rings is 2. The highest BCUT2D eigenvalue weighted by molar-refractivity contribution is 7.16. The van der Waals surface area contributed by atoms with E-state index in [2.05, 4.69) is 10.3 Å². The third-order valence-corrected chi connectivity index (χ3v) is 5.34. The molecule has 0 fully saturated rings. The molecule has 3 aromatic rings. The van der Waals surface area contributed by atoms with Crippen LogP contribution < -0.4 is 14.8 Å². The van der Waals surface area contributed by atoms with Gasteiger partial charge in [-0.1, -0.05) is 37.3 Å². The molecule has 0 aliphatic heterocycles. The van der Waals surface area contributed by atoms with Crippen LogP contribution in [0.5, 0.6) is 11.5 Å². The van der Waals surface area contributed by atoms with Gasteiger partial charge in [-0.25, -0.2) is 4.98 Å². The van der Waals surface area contributed by atoms with Gasteiger partial charge < -0.3 is 9.47 Å². The molecule has 9 heteroatoms. The molecule has 0 bridgehead atoms. The Morgan fingerprint density at radius 3 is 2.41 bits per heavy atom. The molecule has 1 N–H and O–H groups in total. The highest BCUT2D eigenvalue weighted by Crippen LogP contribution is 2.36. The van der Waals surface area contributed by atoms with Crippen LogP contribution in [0.25, 0.3) is 11.3 Å². The zero-order chi connectivity index (χ0) is 21.0. The van der Waals surface area contributed by atoms with Crippen LogP contribution in [0.3, 0.4) is 0 Å². The molecule has 0 saturated heterocycles. The minimum Gasteiger partial charge on any atom is -0.493 e. The molecule has 0 spiro atoms. The average Bonchev–Trinajstić information content (AvgIpc) is 3.15. The smallest absolute Gasteiger partial charge is 0.286 e. The number of anilines is 1. The van der Waals surface area contributed by atoms with Gasteiger partial charge in [0.1, 0.15) is 5.56 Å². The van der Waals surface area contributed by atoms with Gasteiger partial charge in [0.2, 0.25) is 0 Å². The molecular formula is C20H19N3O5S. The molecule has 0 saturated carbocycles. The van der Waals surface area contributed by atoms with Crippen LogP contribution in [0.1, 0.15) is 22.2 Å². The summed E-state index contributed by atoms with van der Waals surface area (Å²) in [4.78, 5) is 29.2. The maximum atomic E-state index is 12.8. The maximum Gasteiger partial charge on any atom is 0.286 e. The second-order valence-electron chi connectivity index (χ2n) is 5.95. The highest BCUT2D eigenvalue weighted by Gasteiger charge is 2.25. The lowest BCUT2D eigenvalue weighted by Gasteiger charge is -2.10. The summed E-state index contributed by atoms with van der Waals surface area (Å²) in [5, 5.41) is 14.5. The molecular weight excluding hydrogens is 394 g/mol. The third-order valence-electron chi connectivity index (χ3n) is 4.23. The standard InChI is InChI=1S/C20H19N3O5S/c1-4-17-18(12-8-6-5-7-9-12)21-20(29-17)22-19(24)13-10-15(27-2)16(28-3)11-14(13)23(25)26/h5-11H,4H2,1-3H3,(H,21,22,24). The van der Waals surface area contributed by atoms with Crippen molar-refractivity contribution in [1.29, 1.82) is 0 Å². The first kappa shape index (κ1) is 20.3. The molecule has 29 heavy (non-hydrogen) atoms. The largest absolute Gasteiger partial charge is 0.493 e. The summed E-state index contributed by atoms with van der Waals surface area (Å²) in [6.45, 7) is 2.00. The van der Waals surface area contributed by atoms with Crippen molar-refractivity contribution in [3.8, 4) is 22.8 Å². The van der Waals surface area contributed by atoms with Gasteiger partial charge in [-0.2, -0.15) is 0 Å². The highest BCUT2D eigenvalue weighted by atomic mass is 32.1. The molecule has 8 nitrogen and oxygen atoms in total. The lowest BCUT2D eigenvalue weighted by molar-refractivity contribution is -0.385. The number of nitro benzene ring substituents is 1. The molecule has 0 unspecified atom stereocenters. The predicted molar refractivity (Wildman–Crippen MR) is 111 cm³/mol. The predicted octanol–water partition coefficient (Wildman–Crippen LogP) is 4.55. The normalized spacial score (nSPS) is 10.4. The van der Waals surface area contributed by atoms with E-state index in [4.69, 9.17) is 9.47 Å². The number of hydrogen-bond acceptors (Lipinski definition) is 7. The zero-order valence-electron chi connectivity index (χ0n) is 16.1. The van der Waals surface area contributed by atoms with Crippen LogP contribution in [0.4, 0.5) is 10.8 Å². The number of hydrogen-bond donors (Lipinski definition) is 1. The summed E-state index contributed by atoms with van der Waals surface area (Å²) in [7, 11) is 2.76. The Labute approximate surface area is 171 Å². The summed E-state index contributed by atoms with van der Waals surface area (Å²) >= 11 is 1.34. The second kappa shape index (κ2) is 8.70. The van der Waals surface area contributed by atoms with Crippen LogP contribution in [0, 0.1) is 10.1 Å². The van der Waals surface area contributed by atoms with Gasteiger partial charge >= 0.3 is 0 Å². The Morgan fingerprint density at radius 2 is 1.83 bits per heavy atom. The van der Waals surface area contributed by atoms with E-state index in [1.165, 1.54) is 37.7 Å². The Bertz CT molecular complexity index is 1050. The van der Waals surface area contributed by atoms with Crippen LogP contribution in [-0.2, 0) is 6.42 Å². The van der Waals surface area contributed by atoms with Crippen molar-refractivity contribution in [3.63, 3.8) is 0 Å². The summed E-state index contributed by atoms with van der Waals surface area (Å²) in [6, 6.07) is 12.1. The molecule has 0 aliphatic carbocycles. The first-order valence-corrected chi connectivity index (χ1v) is 9.57. The quantitative estimate of drug-likeness (QED) is 0.450. The van der Waals surface area contributed by atoms with Crippen molar-refractivity contribution in [1.82, 2.24) is 4.98 Å². The molecule has 0 radical (unpaired) electrons. The van der Waals surface area contributed by atoms with E-state index in [0.29, 0.717) is 5.13 Å². The molecule has 0 atom stereocenters. The number of nitrogens with zero attached hydrogens (tertiary/aromatic N) is 2. The minimum absolute atomic E-state index is 0.137. The van der Waals surface area contributed by atoms with Crippen molar-refractivity contribution in [2.24, 2.45) is 0 Å². The van der Waals surface area contributed by atoms with E-state index in [9.17, 15) is 14.9 Å². The van der Waals surface area contributed by atoms with E-state index in [-0.39, 0.29) is 22.7 Å². The Hall–Kier alpha value is -3.46. The van der Waals surface area contributed by atoms with Gasteiger partial charge in [0, 0.05) is 16.5 Å². The van der Waals surface area contributed by atoms with Crippen LogP contribution in [0.15, 0.2) is 42.5 Å². The fourth-order valence-electron chi connectivity index (χ4n) is 2.83. The van der Waals surface area contributed by atoms with E-state index in [1.54, 1.807) is 0 Å². The Balaban J connectivity index is 1.97. The lowest BCUT2D eigenvalue weighted by atomic mass is 10.1. The van der Waals surface area contributed by atoms with E-state index < -0.39 is 10.8 Å². The first-order valence-electron chi connectivity index (χ1n) is 8.75. The van der Waals surface area contributed by atoms with Gasteiger partial charge in [0.15, 0.2) is 16.6 Å². The zero-order valence-corrected chi connectivity index (χ0v) is 16.9. The fourth-order valence-corrected chi connectivity index (χ4v) is 3.75. The first-order chi connectivity index (χ1) is 14.0. The molecule has 1 aromatic heterocycles. The van der Waals surface area contributed by atoms with Gasteiger partial charge in [-0.05, 0) is 6.42 Å². The number of aromatic nitrogens is 1. The number of nitrogens with one attached hydrogen (secondary N) is 1. The van der Waals surface area contributed by atoms with Crippen molar-refractivity contribution < 1.29 is 19.2 Å². The Morgan fingerprint density at radius 1 is 1.17 bits per heavy atom.